The lowest BCUT2D eigenvalue weighted by Crippen LogP contribution is -3.00. The summed E-state index contributed by atoms with van der Waals surface area (Å²) in [6.07, 6.45) is 5.73. The zero-order valence-electron chi connectivity index (χ0n) is 15.4. The van der Waals surface area contributed by atoms with Gasteiger partial charge in [0.05, 0.1) is 32.8 Å². The summed E-state index contributed by atoms with van der Waals surface area (Å²) in [7, 11) is 3.96. The SMILES string of the molecule is C=C[C@H]1C[N+]2(C)CCC1C[C@@H]2[C@@H](O)c1ccnc2ccc(OC)cc12.[I-]. The minimum Gasteiger partial charge on any atom is -1.00 e. The molecule has 2 bridgehead atoms. The average molecular weight is 466 g/mol. The number of hydrogen-bond acceptors (Lipinski definition) is 3. The van der Waals surface area contributed by atoms with Crippen molar-refractivity contribution in [2.24, 2.45) is 11.8 Å². The molecule has 26 heavy (non-hydrogen) atoms. The van der Waals surface area contributed by atoms with Gasteiger partial charge in [-0.3, -0.25) is 4.98 Å². The first-order chi connectivity index (χ1) is 12.1. The highest BCUT2D eigenvalue weighted by Gasteiger charge is 2.51. The van der Waals surface area contributed by atoms with Gasteiger partial charge in [-0.05, 0) is 35.7 Å². The topological polar surface area (TPSA) is 42.4 Å². The standard InChI is InChI=1S/C21H27N2O2.HI/c1-4-14-13-23(2)10-8-15(14)11-20(23)21(24)17-7-9-22-19-6-5-16(25-3)12-18(17)19;/h4-7,9,12,14-15,20-21,24H,1,8,10-11,13H2,2-3H3;1H/q+1;/p-1/t14-,15?,20+,21-,23?;/m0./s1. The van der Waals surface area contributed by atoms with Gasteiger partial charge in [-0.15, -0.1) is 6.58 Å². The lowest BCUT2D eigenvalue weighted by atomic mass is 9.72. The minimum atomic E-state index is -0.490. The van der Waals surface area contributed by atoms with Gasteiger partial charge >= 0.3 is 0 Å². The van der Waals surface area contributed by atoms with Gasteiger partial charge in [-0.1, -0.05) is 6.08 Å². The Balaban J connectivity index is 0.00000196. The number of nitrogens with zero attached hydrogens (tertiary/aromatic N) is 2. The second-order valence-electron chi connectivity index (χ2n) is 7.87. The number of quaternary nitrogens is 1. The molecule has 0 spiro atoms. The van der Waals surface area contributed by atoms with E-state index >= 15 is 0 Å². The van der Waals surface area contributed by atoms with Crippen molar-refractivity contribution < 1.29 is 38.3 Å². The Kier molecular flexibility index (Phi) is 5.61. The Labute approximate surface area is 172 Å². The zero-order chi connectivity index (χ0) is 17.6. The fourth-order valence-corrected chi connectivity index (χ4v) is 5.03. The first-order valence-corrected chi connectivity index (χ1v) is 9.13. The summed E-state index contributed by atoms with van der Waals surface area (Å²) in [5, 5.41) is 12.3. The summed E-state index contributed by atoms with van der Waals surface area (Å²) < 4.78 is 6.31. The zero-order valence-corrected chi connectivity index (χ0v) is 17.6. The fraction of sp³-hybridized carbons (Fsp3) is 0.476. The van der Waals surface area contributed by atoms with Crippen LogP contribution in [-0.4, -0.2) is 47.9 Å². The predicted octanol–water partition coefficient (Wildman–Crippen LogP) is 0.322. The number of halogens is 1. The third-order valence-corrected chi connectivity index (χ3v) is 6.56. The molecule has 3 saturated heterocycles. The number of methoxy groups -OCH3 is 1. The largest absolute Gasteiger partial charge is 1.00 e. The highest BCUT2D eigenvalue weighted by Crippen LogP contribution is 2.45. The van der Waals surface area contributed by atoms with E-state index in [-0.39, 0.29) is 30.0 Å². The number of aromatic nitrogens is 1. The van der Waals surface area contributed by atoms with E-state index in [1.165, 1.54) is 6.42 Å². The molecule has 3 fully saturated rings. The van der Waals surface area contributed by atoms with Crippen molar-refractivity contribution in [2.75, 3.05) is 27.2 Å². The summed E-state index contributed by atoms with van der Waals surface area (Å²) in [6.45, 7) is 6.26. The molecule has 1 N–H and O–H groups in total. The van der Waals surface area contributed by atoms with Crippen LogP contribution >= 0.6 is 0 Å². The number of fused-ring (bicyclic) bond motifs is 4. The van der Waals surface area contributed by atoms with Crippen LogP contribution in [0.3, 0.4) is 0 Å². The Morgan fingerprint density at radius 1 is 1.38 bits per heavy atom. The Morgan fingerprint density at radius 3 is 2.88 bits per heavy atom. The van der Waals surface area contributed by atoms with Gasteiger partial charge < -0.3 is 38.3 Å². The molecule has 2 unspecified atom stereocenters. The van der Waals surface area contributed by atoms with Crippen molar-refractivity contribution in [1.29, 1.82) is 0 Å². The van der Waals surface area contributed by atoms with Crippen LogP contribution in [0.15, 0.2) is 43.1 Å². The maximum Gasteiger partial charge on any atom is 0.131 e. The number of hydrogen-bond donors (Lipinski definition) is 1. The normalized spacial score (nSPS) is 31.3. The van der Waals surface area contributed by atoms with Gasteiger partial charge in [0.25, 0.3) is 0 Å². The monoisotopic (exact) mass is 466 g/mol. The molecular weight excluding hydrogens is 439 g/mol. The second kappa shape index (κ2) is 7.44. The Hall–Kier alpha value is -1.18. The van der Waals surface area contributed by atoms with Crippen LogP contribution in [0, 0.1) is 11.8 Å². The lowest BCUT2D eigenvalue weighted by Gasteiger charge is -2.56. The van der Waals surface area contributed by atoms with Crippen molar-refractivity contribution in [2.45, 2.75) is 25.0 Å². The molecule has 2 aromatic rings. The number of aliphatic hydroxyl groups is 1. The van der Waals surface area contributed by atoms with E-state index < -0.39 is 6.10 Å². The van der Waals surface area contributed by atoms with E-state index in [2.05, 4.69) is 24.7 Å². The Morgan fingerprint density at radius 2 is 2.19 bits per heavy atom. The molecule has 3 aliphatic rings. The van der Waals surface area contributed by atoms with Crippen LogP contribution in [0.4, 0.5) is 0 Å². The number of benzene rings is 1. The quantitative estimate of drug-likeness (QED) is 0.401. The number of likely N-dealkylation sites (N-methyl/N-ethyl adjacent to an activating group) is 1. The molecule has 4 heterocycles. The third kappa shape index (κ3) is 3.14. The first kappa shape index (κ1) is 19.6. The van der Waals surface area contributed by atoms with Gasteiger partial charge in [-0.2, -0.15) is 0 Å². The summed E-state index contributed by atoms with van der Waals surface area (Å²) in [4.78, 5) is 4.45. The van der Waals surface area contributed by atoms with Crippen LogP contribution in [0.5, 0.6) is 5.75 Å². The minimum absolute atomic E-state index is 0. The predicted molar refractivity (Wildman–Crippen MR) is 99.4 cm³/mol. The average Bonchev–Trinajstić information content (AvgIpc) is 2.66. The first-order valence-electron chi connectivity index (χ1n) is 9.13. The van der Waals surface area contributed by atoms with Crippen molar-refractivity contribution in [3.8, 4) is 5.75 Å². The molecular formula is C21H27IN2O2. The van der Waals surface area contributed by atoms with Crippen molar-refractivity contribution in [3.63, 3.8) is 0 Å². The van der Waals surface area contributed by atoms with Crippen LogP contribution in [0.25, 0.3) is 10.9 Å². The molecule has 4 nitrogen and oxygen atoms in total. The molecule has 5 heteroatoms. The van der Waals surface area contributed by atoms with E-state index in [4.69, 9.17) is 4.74 Å². The van der Waals surface area contributed by atoms with Crippen molar-refractivity contribution in [3.05, 3.63) is 48.7 Å². The molecule has 0 radical (unpaired) electrons. The third-order valence-electron chi connectivity index (χ3n) is 6.56. The Bertz CT molecular complexity index is 812. The van der Waals surface area contributed by atoms with Gasteiger partial charge in [0.1, 0.15) is 17.9 Å². The van der Waals surface area contributed by atoms with Crippen LogP contribution < -0.4 is 28.7 Å². The van der Waals surface area contributed by atoms with Gasteiger partial charge in [-0.25, -0.2) is 0 Å². The van der Waals surface area contributed by atoms with Gasteiger partial charge in [0.2, 0.25) is 0 Å². The van der Waals surface area contributed by atoms with Crippen LogP contribution in [0.1, 0.15) is 24.5 Å². The molecule has 0 amide bonds. The molecule has 5 atom stereocenters. The highest BCUT2D eigenvalue weighted by molar-refractivity contribution is 5.83. The van der Waals surface area contributed by atoms with E-state index in [9.17, 15) is 5.11 Å². The number of piperidine rings is 3. The maximum absolute atomic E-state index is 11.3. The van der Waals surface area contributed by atoms with Crippen LogP contribution in [0.2, 0.25) is 0 Å². The molecule has 1 aromatic carbocycles. The molecule has 3 aliphatic heterocycles. The highest BCUT2D eigenvalue weighted by atomic mass is 127. The maximum atomic E-state index is 11.3. The van der Waals surface area contributed by atoms with E-state index in [0.29, 0.717) is 11.8 Å². The summed E-state index contributed by atoms with van der Waals surface area (Å²) >= 11 is 0. The molecule has 0 aliphatic carbocycles. The number of aliphatic hydroxyl groups excluding tert-OH is 1. The number of ether oxygens (including phenoxy) is 1. The van der Waals surface area contributed by atoms with E-state index in [1.54, 1.807) is 13.3 Å². The number of pyridine rings is 1. The molecule has 140 valence electrons. The van der Waals surface area contributed by atoms with Crippen molar-refractivity contribution >= 4 is 10.9 Å². The second-order valence-corrected chi connectivity index (χ2v) is 7.87. The van der Waals surface area contributed by atoms with Gasteiger partial charge in [0.15, 0.2) is 0 Å². The van der Waals surface area contributed by atoms with Gasteiger partial charge in [0, 0.05) is 30.3 Å². The lowest BCUT2D eigenvalue weighted by molar-refractivity contribution is -0.956. The fourth-order valence-electron chi connectivity index (χ4n) is 5.03. The van der Waals surface area contributed by atoms with Crippen molar-refractivity contribution in [1.82, 2.24) is 4.98 Å². The summed E-state index contributed by atoms with van der Waals surface area (Å²) in [6, 6.07) is 8.06. The molecule has 5 rings (SSSR count). The van der Waals surface area contributed by atoms with E-state index in [0.717, 1.165) is 46.2 Å². The molecule has 1 aromatic heterocycles. The number of rotatable bonds is 4. The summed E-state index contributed by atoms with van der Waals surface area (Å²) in [5.74, 6) is 2.03. The summed E-state index contributed by atoms with van der Waals surface area (Å²) in [5.41, 5.74) is 1.87. The smallest absolute Gasteiger partial charge is 0.131 e. The van der Waals surface area contributed by atoms with E-state index in [1.807, 2.05) is 24.3 Å². The molecule has 0 saturated carbocycles. The van der Waals surface area contributed by atoms with Crippen LogP contribution in [-0.2, 0) is 0 Å².